The molecule has 1 aromatic carbocycles. The molecule has 0 radical (unpaired) electrons. The maximum atomic E-state index is 13.0. The summed E-state index contributed by atoms with van der Waals surface area (Å²) in [5.74, 6) is -0.296. The van der Waals surface area contributed by atoms with Crippen LogP contribution in [-0.4, -0.2) is 74.4 Å². The molecule has 1 saturated heterocycles. The third-order valence-electron chi connectivity index (χ3n) is 4.62. The highest BCUT2D eigenvalue weighted by Crippen LogP contribution is 2.17. The third-order valence-corrected chi connectivity index (χ3v) is 4.62. The average Bonchev–Trinajstić information content (AvgIpc) is 3.04. The Balaban J connectivity index is 1.63. The molecule has 1 atom stereocenters. The van der Waals surface area contributed by atoms with Crippen LogP contribution in [0.5, 0.6) is 0 Å². The zero-order valence-electron chi connectivity index (χ0n) is 14.9. The van der Waals surface area contributed by atoms with Crippen LogP contribution in [0.25, 0.3) is 0 Å². The minimum absolute atomic E-state index is 0.0124. The number of hydrogen-bond donors (Lipinski definition) is 1. The van der Waals surface area contributed by atoms with E-state index in [1.807, 2.05) is 11.9 Å². The Morgan fingerprint density at radius 2 is 2.04 bits per heavy atom. The van der Waals surface area contributed by atoms with Crippen molar-refractivity contribution in [1.82, 2.24) is 24.6 Å². The molecule has 140 valence electrons. The fourth-order valence-electron chi connectivity index (χ4n) is 3.35. The fraction of sp³-hybridized carbons (Fsp3) is 0.500. The van der Waals surface area contributed by atoms with Crippen LogP contribution in [0.4, 0.5) is 4.39 Å². The van der Waals surface area contributed by atoms with Crippen molar-refractivity contribution in [3.8, 4) is 0 Å². The highest BCUT2D eigenvalue weighted by atomic mass is 19.1. The second kappa shape index (κ2) is 7.92. The minimum atomic E-state index is -1.09. The van der Waals surface area contributed by atoms with Gasteiger partial charge in [-0.05, 0) is 31.2 Å². The van der Waals surface area contributed by atoms with Crippen LogP contribution in [0.1, 0.15) is 12.0 Å². The SMILES string of the molecule is CN1CCN(C(=O)CCc2ccc(F)cc2)C[C@@](O)(Cn2cncn2)C1. The number of amides is 1. The van der Waals surface area contributed by atoms with E-state index in [0.29, 0.717) is 32.5 Å². The summed E-state index contributed by atoms with van der Waals surface area (Å²) in [6, 6.07) is 6.19. The Hall–Kier alpha value is -2.32. The molecule has 0 saturated carbocycles. The number of likely N-dealkylation sites (N-methyl/N-ethyl adjacent to an activating group) is 1. The number of β-amino-alcohol motifs (C(OH)–C–C–N with tert-alkyl or cyclic N) is 1. The van der Waals surface area contributed by atoms with Gasteiger partial charge in [0.2, 0.25) is 5.91 Å². The lowest BCUT2D eigenvalue weighted by Crippen LogP contribution is -2.50. The normalized spacial score (nSPS) is 21.6. The van der Waals surface area contributed by atoms with Crippen LogP contribution in [0.3, 0.4) is 0 Å². The lowest BCUT2D eigenvalue weighted by atomic mass is 10.0. The first-order valence-corrected chi connectivity index (χ1v) is 8.69. The van der Waals surface area contributed by atoms with Crippen LogP contribution >= 0.6 is 0 Å². The predicted molar refractivity (Wildman–Crippen MR) is 93.8 cm³/mol. The van der Waals surface area contributed by atoms with Gasteiger partial charge >= 0.3 is 0 Å². The second-order valence-electron chi connectivity index (χ2n) is 7.00. The maximum absolute atomic E-state index is 13.0. The molecule has 1 aliphatic rings. The molecule has 1 aromatic heterocycles. The molecule has 2 aromatic rings. The zero-order chi connectivity index (χ0) is 18.6. The van der Waals surface area contributed by atoms with E-state index < -0.39 is 5.60 Å². The molecule has 26 heavy (non-hydrogen) atoms. The lowest BCUT2D eigenvalue weighted by Gasteiger charge is -2.32. The molecule has 7 nitrogen and oxygen atoms in total. The van der Waals surface area contributed by atoms with Gasteiger partial charge in [-0.3, -0.25) is 4.79 Å². The number of aryl methyl sites for hydroxylation is 1. The summed E-state index contributed by atoms with van der Waals surface area (Å²) in [4.78, 5) is 20.3. The first-order chi connectivity index (χ1) is 12.4. The van der Waals surface area contributed by atoms with E-state index in [2.05, 4.69) is 10.1 Å². The summed E-state index contributed by atoms with van der Waals surface area (Å²) < 4.78 is 14.6. The number of halogens is 1. The van der Waals surface area contributed by atoms with Crippen LogP contribution < -0.4 is 0 Å². The molecule has 0 spiro atoms. The van der Waals surface area contributed by atoms with Gasteiger partial charge in [0.1, 0.15) is 24.1 Å². The van der Waals surface area contributed by atoms with Crippen LogP contribution in [0.15, 0.2) is 36.9 Å². The van der Waals surface area contributed by atoms with Crippen molar-refractivity contribution in [2.45, 2.75) is 25.0 Å². The van der Waals surface area contributed by atoms with Crippen molar-refractivity contribution in [2.75, 3.05) is 33.2 Å². The molecule has 0 aliphatic carbocycles. The molecule has 3 rings (SSSR count). The Bertz CT molecular complexity index is 722. The number of nitrogens with zero attached hydrogens (tertiary/aromatic N) is 5. The van der Waals surface area contributed by atoms with Gasteiger partial charge in [0.25, 0.3) is 0 Å². The van der Waals surface area contributed by atoms with Gasteiger partial charge in [0, 0.05) is 26.1 Å². The predicted octanol–water partition coefficient (Wildman–Crippen LogP) is 0.555. The number of rotatable bonds is 5. The summed E-state index contributed by atoms with van der Waals surface area (Å²) in [5.41, 5.74) is -0.172. The van der Waals surface area contributed by atoms with Crippen LogP contribution in [0.2, 0.25) is 0 Å². The fourth-order valence-corrected chi connectivity index (χ4v) is 3.35. The van der Waals surface area contributed by atoms with Gasteiger partial charge in [0.05, 0.1) is 13.1 Å². The van der Waals surface area contributed by atoms with Gasteiger partial charge < -0.3 is 14.9 Å². The molecule has 0 bridgehead atoms. The van der Waals surface area contributed by atoms with E-state index >= 15 is 0 Å². The molecule has 8 heteroatoms. The van der Waals surface area contributed by atoms with Gasteiger partial charge in [-0.25, -0.2) is 14.1 Å². The Morgan fingerprint density at radius 1 is 1.27 bits per heavy atom. The third kappa shape index (κ3) is 4.86. The van der Waals surface area contributed by atoms with E-state index in [9.17, 15) is 14.3 Å². The van der Waals surface area contributed by atoms with Crippen molar-refractivity contribution in [1.29, 1.82) is 0 Å². The number of carbonyl (C=O) groups excluding carboxylic acids is 1. The summed E-state index contributed by atoms with van der Waals surface area (Å²) >= 11 is 0. The molecule has 2 heterocycles. The monoisotopic (exact) mass is 361 g/mol. The van der Waals surface area contributed by atoms with Gasteiger partial charge in [0.15, 0.2) is 0 Å². The van der Waals surface area contributed by atoms with Crippen molar-refractivity contribution in [2.24, 2.45) is 0 Å². The molecule has 1 N–H and O–H groups in total. The topological polar surface area (TPSA) is 74.5 Å². The number of benzene rings is 1. The molecular weight excluding hydrogens is 337 g/mol. The molecule has 1 fully saturated rings. The van der Waals surface area contributed by atoms with Crippen molar-refractivity contribution in [3.05, 3.63) is 48.3 Å². The first-order valence-electron chi connectivity index (χ1n) is 8.69. The number of aromatic nitrogens is 3. The van der Waals surface area contributed by atoms with E-state index in [-0.39, 0.29) is 24.8 Å². The Kier molecular flexibility index (Phi) is 5.63. The second-order valence-corrected chi connectivity index (χ2v) is 7.00. The van der Waals surface area contributed by atoms with Crippen molar-refractivity contribution in [3.63, 3.8) is 0 Å². The number of hydrogen-bond acceptors (Lipinski definition) is 5. The smallest absolute Gasteiger partial charge is 0.223 e. The van der Waals surface area contributed by atoms with Crippen LogP contribution in [0, 0.1) is 5.82 Å². The van der Waals surface area contributed by atoms with E-state index in [0.717, 1.165) is 5.56 Å². The van der Waals surface area contributed by atoms with Crippen molar-refractivity contribution >= 4 is 5.91 Å². The quantitative estimate of drug-likeness (QED) is 0.842. The Labute approximate surface area is 152 Å². The average molecular weight is 361 g/mol. The maximum Gasteiger partial charge on any atom is 0.223 e. The molecule has 1 aliphatic heterocycles. The Morgan fingerprint density at radius 3 is 2.73 bits per heavy atom. The standard InChI is InChI=1S/C18H24FN5O2/c1-22-8-9-23(11-18(26,10-22)12-24-14-20-13-21-24)17(25)7-4-15-2-5-16(19)6-3-15/h2-3,5-6,13-14,26H,4,7-12H2,1H3/t18-/m1/s1. The minimum Gasteiger partial charge on any atom is -0.385 e. The number of carbonyl (C=O) groups is 1. The van der Waals surface area contributed by atoms with E-state index in [1.165, 1.54) is 18.5 Å². The van der Waals surface area contributed by atoms with Gasteiger partial charge in [-0.2, -0.15) is 5.10 Å². The lowest BCUT2D eigenvalue weighted by molar-refractivity contribution is -0.134. The van der Waals surface area contributed by atoms with Crippen LogP contribution in [-0.2, 0) is 17.8 Å². The number of aliphatic hydroxyl groups is 1. The summed E-state index contributed by atoms with van der Waals surface area (Å²) in [5, 5.41) is 15.1. The summed E-state index contributed by atoms with van der Waals surface area (Å²) in [6.07, 6.45) is 3.86. The zero-order valence-corrected chi connectivity index (χ0v) is 14.9. The molecule has 0 unspecified atom stereocenters. The van der Waals surface area contributed by atoms with Crippen molar-refractivity contribution < 1.29 is 14.3 Å². The molecule has 1 amide bonds. The van der Waals surface area contributed by atoms with Gasteiger partial charge in [-0.1, -0.05) is 12.1 Å². The summed E-state index contributed by atoms with van der Waals surface area (Å²) in [6.45, 7) is 2.24. The highest BCUT2D eigenvalue weighted by molar-refractivity contribution is 5.76. The summed E-state index contributed by atoms with van der Waals surface area (Å²) in [7, 11) is 1.93. The van der Waals surface area contributed by atoms with Gasteiger partial charge in [-0.15, -0.1) is 0 Å². The van der Waals surface area contributed by atoms with E-state index in [1.54, 1.807) is 28.0 Å². The highest BCUT2D eigenvalue weighted by Gasteiger charge is 2.36. The first kappa shape index (κ1) is 18.5. The largest absolute Gasteiger partial charge is 0.385 e. The van der Waals surface area contributed by atoms with E-state index in [4.69, 9.17) is 0 Å². The molecular formula is C18H24FN5O2.